The Labute approximate surface area is 181 Å². The van der Waals surface area contributed by atoms with Crippen molar-refractivity contribution in [2.45, 2.75) is 19.9 Å². The summed E-state index contributed by atoms with van der Waals surface area (Å²) in [6.45, 7) is 3.86. The van der Waals surface area contributed by atoms with Crippen molar-refractivity contribution in [3.05, 3.63) is 104 Å². The molecule has 148 valence electrons. The number of pyridine rings is 1. The quantitative estimate of drug-likeness (QED) is 0.406. The summed E-state index contributed by atoms with van der Waals surface area (Å²) in [5, 5.41) is 0.473. The predicted molar refractivity (Wildman–Crippen MR) is 119 cm³/mol. The highest BCUT2D eigenvalue weighted by atomic mass is 79.9. The Bertz CT molecular complexity index is 1390. The number of halogens is 1. The predicted octanol–water partition coefficient (Wildman–Crippen LogP) is 5.32. The summed E-state index contributed by atoms with van der Waals surface area (Å²) < 4.78 is 6.85. The molecular formula is C24H17BrN2O3. The molecule has 0 spiro atoms. The number of carbonyl (C=O) groups excluding carboxylic acids is 1. The molecule has 0 saturated heterocycles. The third kappa shape index (κ3) is 2.87. The monoisotopic (exact) mass is 460 g/mol. The number of hydrogen-bond donors (Lipinski definition) is 0. The molecule has 4 aromatic rings. The number of nitrogens with zero attached hydrogens (tertiary/aromatic N) is 2. The fraction of sp³-hybridized carbons (Fsp3) is 0.125. The van der Waals surface area contributed by atoms with Gasteiger partial charge in [0.25, 0.3) is 5.91 Å². The number of rotatable bonds is 2. The molecule has 2 aromatic heterocycles. The lowest BCUT2D eigenvalue weighted by Gasteiger charge is -2.24. The molecule has 0 bridgehead atoms. The Morgan fingerprint density at radius 1 is 1.00 bits per heavy atom. The van der Waals surface area contributed by atoms with Crippen molar-refractivity contribution in [1.82, 2.24) is 4.98 Å². The summed E-state index contributed by atoms with van der Waals surface area (Å²) >= 11 is 3.50. The highest BCUT2D eigenvalue weighted by molar-refractivity contribution is 9.10. The molecule has 5 rings (SSSR count). The zero-order valence-electron chi connectivity index (χ0n) is 16.3. The van der Waals surface area contributed by atoms with E-state index in [1.54, 1.807) is 23.2 Å². The average molecular weight is 461 g/mol. The van der Waals surface area contributed by atoms with E-state index in [0.29, 0.717) is 22.4 Å². The molecule has 6 heteroatoms. The highest BCUT2D eigenvalue weighted by Crippen LogP contribution is 2.41. The van der Waals surface area contributed by atoms with Gasteiger partial charge in [0, 0.05) is 10.7 Å². The van der Waals surface area contributed by atoms with Crippen LogP contribution in [0, 0.1) is 13.8 Å². The molecule has 0 fully saturated rings. The topological polar surface area (TPSA) is 63.4 Å². The Hall–Kier alpha value is -3.25. The van der Waals surface area contributed by atoms with Gasteiger partial charge in [-0.05, 0) is 61.4 Å². The van der Waals surface area contributed by atoms with E-state index in [1.165, 1.54) is 0 Å². The minimum Gasteiger partial charge on any atom is -0.450 e. The van der Waals surface area contributed by atoms with Crippen LogP contribution in [0.5, 0.6) is 0 Å². The van der Waals surface area contributed by atoms with Gasteiger partial charge in [0.1, 0.15) is 11.4 Å². The maximum absolute atomic E-state index is 13.6. The Morgan fingerprint density at radius 2 is 1.80 bits per heavy atom. The van der Waals surface area contributed by atoms with Crippen molar-refractivity contribution in [2.75, 3.05) is 4.90 Å². The lowest BCUT2D eigenvalue weighted by atomic mass is 9.98. The summed E-state index contributed by atoms with van der Waals surface area (Å²) in [4.78, 5) is 33.0. The molecule has 0 N–H and O–H groups in total. The molecule has 0 radical (unpaired) electrons. The van der Waals surface area contributed by atoms with Crippen molar-refractivity contribution in [2.24, 2.45) is 0 Å². The Morgan fingerprint density at radius 3 is 2.57 bits per heavy atom. The molecule has 1 aliphatic heterocycles. The lowest BCUT2D eigenvalue weighted by molar-refractivity contribution is 0.0970. The van der Waals surface area contributed by atoms with Crippen molar-refractivity contribution < 1.29 is 9.21 Å². The molecule has 0 unspecified atom stereocenters. The summed E-state index contributed by atoms with van der Waals surface area (Å²) in [6.07, 6.45) is 1.66. The highest BCUT2D eigenvalue weighted by Gasteiger charge is 2.44. The van der Waals surface area contributed by atoms with Gasteiger partial charge >= 0.3 is 0 Å². The zero-order chi connectivity index (χ0) is 21.0. The minimum absolute atomic E-state index is 0.0737. The van der Waals surface area contributed by atoms with Gasteiger partial charge in [0.15, 0.2) is 5.43 Å². The summed E-state index contributed by atoms with van der Waals surface area (Å²) in [6, 6.07) is 16.1. The largest absolute Gasteiger partial charge is 0.450 e. The smallest absolute Gasteiger partial charge is 0.296 e. The second-order valence-electron chi connectivity index (χ2n) is 7.50. The van der Waals surface area contributed by atoms with Crippen LogP contribution in [0.2, 0.25) is 0 Å². The summed E-state index contributed by atoms with van der Waals surface area (Å²) in [5.41, 5.74) is 3.29. The second-order valence-corrected chi connectivity index (χ2v) is 8.41. The number of aryl methyl sites for hydroxylation is 2. The number of benzene rings is 2. The molecule has 30 heavy (non-hydrogen) atoms. The van der Waals surface area contributed by atoms with Crippen LogP contribution < -0.4 is 10.3 Å². The standard InChI is InChI=1S/C24H17BrN2O3/c1-13-6-7-18-17(10-13)22(28)20-21(15-4-3-5-16(25)12-15)27(24(29)23(20)30-18)19-11-14(2)8-9-26-19/h3-12,21H,1-2H3/t21-/m0/s1. The van der Waals surface area contributed by atoms with Gasteiger partial charge in [0.05, 0.1) is 17.0 Å². The minimum atomic E-state index is -0.625. The molecule has 0 saturated carbocycles. The Balaban J connectivity index is 1.84. The number of amides is 1. The molecule has 5 nitrogen and oxygen atoms in total. The van der Waals surface area contributed by atoms with Crippen molar-refractivity contribution in [3.63, 3.8) is 0 Å². The van der Waals surface area contributed by atoms with Crippen molar-refractivity contribution >= 4 is 38.6 Å². The molecule has 1 atom stereocenters. The maximum Gasteiger partial charge on any atom is 0.296 e. The lowest BCUT2D eigenvalue weighted by Crippen LogP contribution is -2.30. The Kier molecular flexibility index (Phi) is 4.33. The van der Waals surface area contributed by atoms with Gasteiger partial charge in [-0.15, -0.1) is 0 Å². The fourth-order valence-electron chi connectivity index (χ4n) is 3.97. The van der Waals surface area contributed by atoms with Crippen LogP contribution in [-0.2, 0) is 0 Å². The third-order valence-corrected chi connectivity index (χ3v) is 5.83. The van der Waals surface area contributed by atoms with E-state index in [2.05, 4.69) is 20.9 Å². The van der Waals surface area contributed by atoms with Gasteiger partial charge in [-0.3, -0.25) is 14.5 Å². The van der Waals surface area contributed by atoms with Gasteiger partial charge in [-0.1, -0.05) is 39.7 Å². The molecular weight excluding hydrogens is 444 g/mol. The van der Waals surface area contributed by atoms with Crippen LogP contribution in [0.15, 0.2) is 74.5 Å². The molecule has 1 amide bonds. The van der Waals surface area contributed by atoms with E-state index in [-0.39, 0.29) is 17.1 Å². The number of carbonyl (C=O) groups is 1. The van der Waals surface area contributed by atoms with Crippen LogP contribution in [0.25, 0.3) is 11.0 Å². The van der Waals surface area contributed by atoms with E-state index < -0.39 is 6.04 Å². The number of fused-ring (bicyclic) bond motifs is 2. The fourth-order valence-corrected chi connectivity index (χ4v) is 4.38. The van der Waals surface area contributed by atoms with Crippen molar-refractivity contribution in [3.8, 4) is 0 Å². The first-order valence-corrected chi connectivity index (χ1v) is 10.3. The molecule has 1 aliphatic rings. The van der Waals surface area contributed by atoms with Gasteiger partial charge in [-0.25, -0.2) is 4.98 Å². The second kappa shape index (κ2) is 6.92. The zero-order valence-corrected chi connectivity index (χ0v) is 17.9. The van der Waals surface area contributed by atoms with Gasteiger partial charge in [0.2, 0.25) is 5.76 Å². The first kappa shape index (κ1) is 18.8. The normalized spacial score (nSPS) is 15.6. The van der Waals surface area contributed by atoms with Crippen LogP contribution >= 0.6 is 15.9 Å². The van der Waals surface area contributed by atoms with Gasteiger partial charge < -0.3 is 4.42 Å². The summed E-state index contributed by atoms with van der Waals surface area (Å²) in [5.74, 6) is 0.188. The molecule has 0 aliphatic carbocycles. The SMILES string of the molecule is Cc1ccnc(N2C(=O)c3oc4ccc(C)cc4c(=O)c3[C@@H]2c2cccc(Br)c2)c1. The van der Waals surface area contributed by atoms with E-state index in [4.69, 9.17) is 4.42 Å². The number of anilines is 1. The molecule has 3 heterocycles. The third-order valence-electron chi connectivity index (χ3n) is 5.34. The van der Waals surface area contributed by atoms with Gasteiger partial charge in [-0.2, -0.15) is 0 Å². The maximum atomic E-state index is 13.6. The number of hydrogen-bond acceptors (Lipinski definition) is 4. The van der Waals surface area contributed by atoms with Crippen LogP contribution in [0.4, 0.5) is 5.82 Å². The van der Waals surface area contributed by atoms with Crippen molar-refractivity contribution in [1.29, 1.82) is 0 Å². The van der Waals surface area contributed by atoms with E-state index >= 15 is 0 Å². The van der Waals surface area contributed by atoms with E-state index in [1.807, 2.05) is 56.3 Å². The van der Waals surface area contributed by atoms with Crippen LogP contribution in [0.3, 0.4) is 0 Å². The van der Waals surface area contributed by atoms with Crippen LogP contribution in [0.1, 0.15) is 38.9 Å². The first-order valence-electron chi connectivity index (χ1n) is 9.53. The summed E-state index contributed by atoms with van der Waals surface area (Å²) in [7, 11) is 0. The number of aromatic nitrogens is 1. The molecule has 2 aromatic carbocycles. The van der Waals surface area contributed by atoms with E-state index in [9.17, 15) is 9.59 Å². The van der Waals surface area contributed by atoms with Crippen LogP contribution in [-0.4, -0.2) is 10.9 Å². The first-order chi connectivity index (χ1) is 14.4. The average Bonchev–Trinajstić information content (AvgIpc) is 3.01. The van der Waals surface area contributed by atoms with E-state index in [0.717, 1.165) is 21.2 Å².